The quantitative estimate of drug-likeness (QED) is 0.796. The van der Waals surface area contributed by atoms with E-state index in [4.69, 9.17) is 4.74 Å². The van der Waals surface area contributed by atoms with Crippen LogP contribution in [0, 0.1) is 5.41 Å². The zero-order chi connectivity index (χ0) is 15.4. The van der Waals surface area contributed by atoms with Gasteiger partial charge >= 0.3 is 6.18 Å². The number of benzene rings is 1. The topological polar surface area (TPSA) is 29.5 Å². The van der Waals surface area contributed by atoms with Crippen molar-refractivity contribution in [2.45, 2.75) is 38.6 Å². The van der Waals surface area contributed by atoms with Crippen LogP contribution in [0.4, 0.5) is 13.2 Å². The van der Waals surface area contributed by atoms with E-state index < -0.39 is 17.5 Å². The fraction of sp³-hybridized carbons (Fsp3) is 0.533. The predicted molar refractivity (Wildman–Crippen MR) is 69.8 cm³/mol. The van der Waals surface area contributed by atoms with E-state index >= 15 is 0 Å². The third-order valence-corrected chi connectivity index (χ3v) is 4.34. The molecule has 0 unspecified atom stereocenters. The van der Waals surface area contributed by atoms with Gasteiger partial charge < -0.3 is 9.64 Å². The van der Waals surface area contributed by atoms with Gasteiger partial charge in [-0.3, -0.25) is 4.79 Å². The highest BCUT2D eigenvalue weighted by molar-refractivity contribution is 5.84. The Kier molecular flexibility index (Phi) is 2.97. The molecule has 3 rings (SSSR count). The van der Waals surface area contributed by atoms with E-state index in [1.165, 1.54) is 4.90 Å². The van der Waals surface area contributed by atoms with Crippen molar-refractivity contribution in [3.63, 3.8) is 0 Å². The average molecular weight is 299 g/mol. The number of amides is 1. The van der Waals surface area contributed by atoms with Crippen LogP contribution >= 0.6 is 0 Å². The summed E-state index contributed by atoms with van der Waals surface area (Å²) in [6, 6.07) is 6.89. The van der Waals surface area contributed by atoms with Crippen molar-refractivity contribution in [3.8, 4) is 5.75 Å². The number of likely N-dealkylation sites (tertiary alicyclic amines) is 1. The first kappa shape index (κ1) is 14.2. The van der Waals surface area contributed by atoms with E-state index in [2.05, 4.69) is 0 Å². The van der Waals surface area contributed by atoms with Crippen molar-refractivity contribution in [2.75, 3.05) is 6.54 Å². The molecule has 2 bridgehead atoms. The molecule has 2 aliphatic heterocycles. The lowest BCUT2D eigenvalue weighted by molar-refractivity contribution is -0.217. The minimum Gasteiger partial charge on any atom is -0.488 e. The molecule has 1 aromatic carbocycles. The van der Waals surface area contributed by atoms with Crippen LogP contribution in [-0.2, 0) is 4.79 Å². The molecule has 1 saturated heterocycles. The van der Waals surface area contributed by atoms with Crippen LogP contribution in [0.5, 0.6) is 5.75 Å². The Morgan fingerprint density at radius 2 is 1.95 bits per heavy atom. The van der Waals surface area contributed by atoms with Gasteiger partial charge in [-0.05, 0) is 19.9 Å². The highest BCUT2D eigenvalue weighted by Crippen LogP contribution is 2.47. The number of alkyl halides is 3. The first-order valence-corrected chi connectivity index (χ1v) is 6.85. The molecule has 3 nitrogen and oxygen atoms in total. The second kappa shape index (κ2) is 4.39. The molecule has 2 heterocycles. The van der Waals surface area contributed by atoms with E-state index in [0.717, 1.165) is 19.4 Å². The van der Waals surface area contributed by atoms with Crippen molar-refractivity contribution < 1.29 is 22.7 Å². The van der Waals surface area contributed by atoms with Crippen LogP contribution in [-0.4, -0.2) is 29.6 Å². The van der Waals surface area contributed by atoms with Gasteiger partial charge in [0.05, 0.1) is 12.6 Å². The highest BCUT2D eigenvalue weighted by atomic mass is 19.4. The van der Waals surface area contributed by atoms with Gasteiger partial charge in [0.2, 0.25) is 5.91 Å². The standard InChI is InChI=1S/C15H16F3NO2/c1-14(2,15(16,17)18)13(20)19-8-9-7-11(19)10-5-3-4-6-12(10)21-9/h3-6,9,11H,7-8H2,1-2H3/t9-,11-/m0/s1. The molecule has 1 aromatic rings. The summed E-state index contributed by atoms with van der Waals surface area (Å²) in [6.07, 6.45) is -4.24. The van der Waals surface area contributed by atoms with Crippen LogP contribution in [0.2, 0.25) is 0 Å². The summed E-state index contributed by atoms with van der Waals surface area (Å²) < 4.78 is 45.0. The molecule has 1 fully saturated rings. The zero-order valence-corrected chi connectivity index (χ0v) is 11.8. The highest BCUT2D eigenvalue weighted by Gasteiger charge is 2.57. The minimum atomic E-state index is -4.57. The number of hydrogen-bond donors (Lipinski definition) is 0. The van der Waals surface area contributed by atoms with E-state index in [1.54, 1.807) is 12.1 Å². The van der Waals surface area contributed by atoms with Crippen LogP contribution in [0.1, 0.15) is 31.9 Å². The van der Waals surface area contributed by atoms with Gasteiger partial charge in [-0.25, -0.2) is 0 Å². The Labute approximate surface area is 120 Å². The third kappa shape index (κ3) is 2.08. The predicted octanol–water partition coefficient (Wildman–Crippen LogP) is 3.31. The number of hydrogen-bond acceptors (Lipinski definition) is 2. The SMILES string of the molecule is CC(C)(C(=O)N1C[C@@H]2C[C@H]1c1ccccc1O2)C(F)(F)F. The Hall–Kier alpha value is -1.72. The summed E-state index contributed by atoms with van der Waals surface area (Å²) >= 11 is 0. The molecule has 6 heteroatoms. The maximum atomic E-state index is 13.1. The largest absolute Gasteiger partial charge is 0.488 e. The Balaban J connectivity index is 1.94. The Bertz CT molecular complexity index is 583. The lowest BCUT2D eigenvalue weighted by Crippen LogP contribution is -2.48. The van der Waals surface area contributed by atoms with E-state index in [9.17, 15) is 18.0 Å². The summed E-state index contributed by atoms with van der Waals surface area (Å²) in [5.41, 5.74) is -1.60. The van der Waals surface area contributed by atoms with Crippen molar-refractivity contribution in [2.24, 2.45) is 5.41 Å². The van der Waals surface area contributed by atoms with Gasteiger partial charge in [-0.15, -0.1) is 0 Å². The normalized spacial score (nSPS) is 24.5. The van der Waals surface area contributed by atoms with Crippen molar-refractivity contribution in [1.82, 2.24) is 4.90 Å². The molecule has 0 radical (unpaired) electrons. The summed E-state index contributed by atoms with van der Waals surface area (Å²) in [7, 11) is 0. The van der Waals surface area contributed by atoms with Crippen LogP contribution < -0.4 is 4.74 Å². The molecule has 0 saturated carbocycles. The first-order chi connectivity index (χ1) is 9.72. The van der Waals surface area contributed by atoms with Crippen LogP contribution in [0.25, 0.3) is 0 Å². The Morgan fingerprint density at radius 1 is 1.29 bits per heavy atom. The van der Waals surface area contributed by atoms with Gasteiger partial charge in [-0.1, -0.05) is 18.2 Å². The Morgan fingerprint density at radius 3 is 2.62 bits per heavy atom. The van der Waals surface area contributed by atoms with E-state index in [1.807, 2.05) is 12.1 Å². The number of carbonyl (C=O) groups excluding carboxylic acids is 1. The van der Waals surface area contributed by atoms with Crippen molar-refractivity contribution in [3.05, 3.63) is 29.8 Å². The van der Waals surface area contributed by atoms with Gasteiger partial charge in [0.1, 0.15) is 17.3 Å². The van der Waals surface area contributed by atoms with Crippen LogP contribution in [0.15, 0.2) is 24.3 Å². The molecule has 2 aliphatic rings. The van der Waals surface area contributed by atoms with Gasteiger partial charge in [0.25, 0.3) is 0 Å². The first-order valence-electron chi connectivity index (χ1n) is 6.85. The fourth-order valence-electron chi connectivity index (χ4n) is 2.93. The molecular weight excluding hydrogens is 283 g/mol. The molecule has 0 spiro atoms. The lowest BCUT2D eigenvalue weighted by atomic mass is 9.89. The lowest BCUT2D eigenvalue weighted by Gasteiger charge is -2.34. The van der Waals surface area contributed by atoms with Crippen LogP contribution in [0.3, 0.4) is 0 Å². The van der Waals surface area contributed by atoms with Crippen molar-refractivity contribution in [1.29, 1.82) is 0 Å². The molecule has 2 atom stereocenters. The molecule has 114 valence electrons. The fourth-order valence-corrected chi connectivity index (χ4v) is 2.93. The molecule has 1 amide bonds. The number of halogens is 3. The van der Waals surface area contributed by atoms with E-state index in [0.29, 0.717) is 12.2 Å². The molecule has 0 aromatic heterocycles. The summed E-state index contributed by atoms with van der Waals surface area (Å²) in [4.78, 5) is 13.7. The number of carbonyl (C=O) groups is 1. The number of ether oxygens (including phenoxy) is 1. The molecule has 0 aliphatic carbocycles. The maximum absolute atomic E-state index is 13.1. The van der Waals surface area contributed by atoms with E-state index in [-0.39, 0.29) is 18.7 Å². The number of fused-ring (bicyclic) bond motifs is 4. The summed E-state index contributed by atoms with van der Waals surface area (Å²) in [5, 5.41) is 0. The monoisotopic (exact) mass is 299 g/mol. The third-order valence-electron chi connectivity index (χ3n) is 4.34. The molecule has 0 N–H and O–H groups in total. The van der Waals surface area contributed by atoms with Gasteiger partial charge in [0, 0.05) is 12.0 Å². The second-order valence-electron chi connectivity index (χ2n) is 6.11. The van der Waals surface area contributed by atoms with Gasteiger partial charge in [-0.2, -0.15) is 13.2 Å². The average Bonchev–Trinajstić information content (AvgIpc) is 2.75. The second-order valence-corrected chi connectivity index (χ2v) is 6.11. The zero-order valence-electron chi connectivity index (χ0n) is 11.8. The smallest absolute Gasteiger partial charge is 0.402 e. The number of para-hydroxylation sites is 1. The number of nitrogens with zero attached hydrogens (tertiary/aromatic N) is 1. The summed E-state index contributed by atoms with van der Waals surface area (Å²) in [6.45, 7) is 2.08. The maximum Gasteiger partial charge on any atom is 0.402 e. The number of rotatable bonds is 1. The molecule has 21 heavy (non-hydrogen) atoms. The molecular formula is C15H16F3NO2. The summed E-state index contributed by atoms with van der Waals surface area (Å²) in [5.74, 6) is -0.221. The van der Waals surface area contributed by atoms with Crippen molar-refractivity contribution >= 4 is 5.91 Å². The minimum absolute atomic E-state index is 0.206. The van der Waals surface area contributed by atoms with Gasteiger partial charge in [0.15, 0.2) is 0 Å².